The first-order chi connectivity index (χ1) is 22.6. The lowest BCUT2D eigenvalue weighted by atomic mass is 9.86. The summed E-state index contributed by atoms with van der Waals surface area (Å²) in [5, 5.41) is 5.21. The average molecular weight is 674 g/mol. The number of carbonyl (C=O) groups is 5. The van der Waals surface area contributed by atoms with Gasteiger partial charge in [-0.25, -0.2) is 8.78 Å². The monoisotopic (exact) mass is 673 g/mol. The molecule has 0 unspecified atom stereocenters. The third-order valence-electron chi connectivity index (χ3n) is 7.92. The maximum Gasteiger partial charge on any atom is 0.313 e. The number of nitrogens with zero attached hydrogens (tertiary/aromatic N) is 1. The lowest BCUT2D eigenvalue weighted by molar-refractivity contribution is -0.146. The quantitative estimate of drug-likeness (QED) is 0.150. The van der Waals surface area contributed by atoms with Crippen molar-refractivity contribution in [3.8, 4) is 5.75 Å². The number of hydrogen-bond donors (Lipinski definition) is 2. The number of ketones is 1. The van der Waals surface area contributed by atoms with Crippen molar-refractivity contribution in [2.45, 2.75) is 71.3 Å². The van der Waals surface area contributed by atoms with E-state index in [4.69, 9.17) is 9.47 Å². The number of halogens is 3. The molecule has 2 N–H and O–H groups in total. The summed E-state index contributed by atoms with van der Waals surface area (Å²) >= 11 is 0. The largest absolute Gasteiger partial charge is 0.482 e. The molecule has 10 nitrogen and oxygen atoms in total. The summed E-state index contributed by atoms with van der Waals surface area (Å²) in [6, 6.07) is 5.97. The molecule has 1 fully saturated rings. The van der Waals surface area contributed by atoms with Gasteiger partial charge in [-0.05, 0) is 36.8 Å². The van der Waals surface area contributed by atoms with Gasteiger partial charge in [0.15, 0.2) is 17.3 Å². The molecule has 1 aliphatic rings. The molecule has 260 valence electrons. The van der Waals surface area contributed by atoms with Gasteiger partial charge in [-0.15, -0.1) is 0 Å². The zero-order valence-electron chi connectivity index (χ0n) is 27.6. The molecule has 2 aromatic carbocycles. The third-order valence-corrected chi connectivity index (χ3v) is 7.92. The van der Waals surface area contributed by atoms with E-state index in [9.17, 15) is 37.1 Å². The van der Waals surface area contributed by atoms with Crippen LogP contribution < -0.4 is 15.4 Å². The van der Waals surface area contributed by atoms with Gasteiger partial charge in [0.2, 0.25) is 11.7 Å². The van der Waals surface area contributed by atoms with Crippen LogP contribution in [0.5, 0.6) is 5.75 Å². The first kappa shape index (κ1) is 37.8. The summed E-state index contributed by atoms with van der Waals surface area (Å²) in [6.45, 7) is 9.49. The molecular formula is C35H42F3N3O7. The van der Waals surface area contributed by atoms with Gasteiger partial charge in [0.05, 0.1) is 12.3 Å². The summed E-state index contributed by atoms with van der Waals surface area (Å²) in [6.07, 6.45) is 2.88. The van der Waals surface area contributed by atoms with Crippen LogP contribution in [0.1, 0.15) is 64.0 Å². The number of ether oxygens (including phenoxy) is 2. The van der Waals surface area contributed by atoms with Crippen LogP contribution in [0, 0.1) is 30.3 Å². The van der Waals surface area contributed by atoms with Crippen LogP contribution in [-0.4, -0.2) is 66.7 Å². The molecule has 0 saturated carbocycles. The van der Waals surface area contributed by atoms with Crippen LogP contribution in [0.2, 0.25) is 0 Å². The number of carbonyl (C=O) groups excluding carboxylic acids is 5. The molecule has 1 heterocycles. The Hall–Kier alpha value is -4.68. The zero-order valence-corrected chi connectivity index (χ0v) is 27.6. The number of esters is 1. The van der Waals surface area contributed by atoms with Gasteiger partial charge < -0.3 is 25.0 Å². The van der Waals surface area contributed by atoms with Crippen LogP contribution in [0.3, 0.4) is 0 Å². The van der Waals surface area contributed by atoms with E-state index in [1.54, 1.807) is 12.1 Å². The third kappa shape index (κ3) is 10.2. The first-order valence-corrected chi connectivity index (χ1v) is 15.7. The lowest BCUT2D eigenvalue weighted by Gasteiger charge is -2.30. The molecule has 0 aromatic heterocycles. The number of amides is 3. The minimum absolute atomic E-state index is 0.135. The molecule has 0 aliphatic carbocycles. The second kappa shape index (κ2) is 16.9. The molecule has 13 heteroatoms. The Kier molecular flexibility index (Phi) is 13.3. The number of rotatable bonds is 11. The Morgan fingerprint density at radius 1 is 1.06 bits per heavy atom. The Bertz CT molecular complexity index is 1510. The van der Waals surface area contributed by atoms with Crippen molar-refractivity contribution < 1.29 is 46.6 Å². The summed E-state index contributed by atoms with van der Waals surface area (Å²) < 4.78 is 52.2. The van der Waals surface area contributed by atoms with Gasteiger partial charge >= 0.3 is 17.8 Å². The smallest absolute Gasteiger partial charge is 0.313 e. The average Bonchev–Trinajstić information content (AvgIpc) is 3.01. The van der Waals surface area contributed by atoms with Gasteiger partial charge in [0.1, 0.15) is 25.1 Å². The molecule has 0 bridgehead atoms. The Morgan fingerprint density at radius 3 is 2.46 bits per heavy atom. The van der Waals surface area contributed by atoms with Crippen molar-refractivity contribution in [1.82, 2.24) is 10.2 Å². The van der Waals surface area contributed by atoms with Gasteiger partial charge in [-0.2, -0.15) is 4.39 Å². The summed E-state index contributed by atoms with van der Waals surface area (Å²) in [5.41, 5.74) is 0.641. The van der Waals surface area contributed by atoms with E-state index in [2.05, 4.69) is 17.2 Å². The Balaban J connectivity index is 1.76. The standard InChI is InChI=1S/C35H42F3N3O7/c1-6-16-47-29(43)18-27(28(42)20-48-31-21(2)24(36)17-25(37)30(31)38)40-32(44)22-12-8-7-11-15-41(19-22)34(46)33(45)39-26-14-10-9-13-23(26)35(3,4)5/h6,9-10,13-14,17,22,27H,1,7-8,11-12,15-16,18-20H2,2-5H3,(H,39,45)(H,40,44)/t22-,27-/m0/s1. The molecular weight excluding hydrogens is 631 g/mol. The van der Waals surface area contributed by atoms with Gasteiger partial charge in [-0.1, -0.05) is 64.5 Å². The highest BCUT2D eigenvalue weighted by Crippen LogP contribution is 2.30. The number of benzene rings is 2. The molecule has 0 spiro atoms. The highest BCUT2D eigenvalue weighted by atomic mass is 19.2. The van der Waals surface area contributed by atoms with Crippen molar-refractivity contribution in [1.29, 1.82) is 0 Å². The van der Waals surface area contributed by atoms with E-state index < -0.39 is 77.7 Å². The van der Waals surface area contributed by atoms with Crippen molar-refractivity contribution >= 4 is 35.2 Å². The van der Waals surface area contributed by atoms with E-state index in [0.29, 0.717) is 37.4 Å². The van der Waals surface area contributed by atoms with E-state index in [1.165, 1.54) is 11.0 Å². The van der Waals surface area contributed by atoms with Crippen LogP contribution >= 0.6 is 0 Å². The minimum atomic E-state index is -1.52. The molecule has 48 heavy (non-hydrogen) atoms. The number of nitrogens with one attached hydrogen (secondary N) is 2. The van der Waals surface area contributed by atoms with Gasteiger partial charge in [0.25, 0.3) is 0 Å². The molecule has 2 aromatic rings. The number of anilines is 1. The maximum absolute atomic E-state index is 14.3. The van der Waals surface area contributed by atoms with Crippen LogP contribution in [0.15, 0.2) is 43.0 Å². The van der Waals surface area contributed by atoms with Crippen LogP contribution in [0.4, 0.5) is 18.9 Å². The number of para-hydroxylation sites is 1. The fourth-order valence-electron chi connectivity index (χ4n) is 5.28. The van der Waals surface area contributed by atoms with Crippen molar-refractivity contribution in [2.75, 3.05) is 31.6 Å². The topological polar surface area (TPSA) is 131 Å². The van der Waals surface area contributed by atoms with Crippen LogP contribution in [-0.2, 0) is 34.1 Å². The predicted octanol–water partition coefficient (Wildman–Crippen LogP) is 4.92. The Labute approximate surface area is 278 Å². The fourth-order valence-corrected chi connectivity index (χ4v) is 5.28. The molecule has 0 radical (unpaired) electrons. The minimum Gasteiger partial charge on any atom is -0.482 e. The number of likely N-dealkylation sites (tertiary alicyclic amines) is 1. The van der Waals surface area contributed by atoms with E-state index in [-0.39, 0.29) is 30.7 Å². The normalized spacial score (nSPS) is 15.7. The van der Waals surface area contributed by atoms with Gasteiger partial charge in [-0.3, -0.25) is 24.0 Å². The SMILES string of the molecule is C=CCOC(=O)C[C@H](NC(=O)[C@H]1CCCCCN(C(=O)C(=O)Nc2ccccc2C(C)(C)C)C1)C(=O)COc1c(C)c(F)cc(F)c1F. The fraction of sp³-hybridized carbons (Fsp3) is 0.457. The van der Waals surface area contributed by atoms with Crippen molar-refractivity contribution in [3.05, 3.63) is 71.6 Å². The lowest BCUT2D eigenvalue weighted by Crippen LogP contribution is -2.50. The highest BCUT2D eigenvalue weighted by Gasteiger charge is 2.33. The highest BCUT2D eigenvalue weighted by molar-refractivity contribution is 6.39. The molecule has 2 atom stereocenters. The summed E-state index contributed by atoms with van der Waals surface area (Å²) in [7, 11) is 0. The number of Topliss-reactive ketones (excluding diaryl/α,β-unsaturated/α-hetero) is 1. The zero-order chi connectivity index (χ0) is 35.6. The predicted molar refractivity (Wildman–Crippen MR) is 172 cm³/mol. The van der Waals surface area contributed by atoms with E-state index in [0.717, 1.165) is 12.5 Å². The van der Waals surface area contributed by atoms with Gasteiger partial charge in [0, 0.05) is 30.4 Å². The second-order valence-corrected chi connectivity index (χ2v) is 12.6. The van der Waals surface area contributed by atoms with E-state index >= 15 is 0 Å². The summed E-state index contributed by atoms with van der Waals surface area (Å²) in [5.74, 6) is -9.93. The summed E-state index contributed by atoms with van der Waals surface area (Å²) in [4.78, 5) is 67.0. The molecule has 3 rings (SSSR count). The van der Waals surface area contributed by atoms with Crippen molar-refractivity contribution in [2.24, 2.45) is 5.92 Å². The second-order valence-electron chi connectivity index (χ2n) is 12.6. The maximum atomic E-state index is 14.3. The first-order valence-electron chi connectivity index (χ1n) is 15.7. The van der Waals surface area contributed by atoms with Crippen LogP contribution in [0.25, 0.3) is 0 Å². The molecule has 1 saturated heterocycles. The van der Waals surface area contributed by atoms with E-state index in [1.807, 2.05) is 32.9 Å². The molecule has 3 amide bonds. The Morgan fingerprint density at radius 2 is 1.77 bits per heavy atom. The van der Waals surface area contributed by atoms with Crippen molar-refractivity contribution in [3.63, 3.8) is 0 Å². The number of hydrogen-bond acceptors (Lipinski definition) is 7. The molecule has 1 aliphatic heterocycles.